The van der Waals surface area contributed by atoms with Gasteiger partial charge in [0.25, 0.3) is 0 Å². The van der Waals surface area contributed by atoms with Crippen molar-refractivity contribution in [1.82, 2.24) is 0 Å². The monoisotopic (exact) mass is 194 g/mol. The first-order chi connectivity index (χ1) is 6.74. The minimum absolute atomic E-state index is 0.148. The maximum atomic E-state index is 13.0. The summed E-state index contributed by atoms with van der Waals surface area (Å²) in [4.78, 5) is 11.2. The third kappa shape index (κ3) is 3.17. The van der Waals surface area contributed by atoms with Crippen molar-refractivity contribution in [3.05, 3.63) is 30.1 Å². The lowest BCUT2D eigenvalue weighted by molar-refractivity contribution is -0.116. The van der Waals surface area contributed by atoms with Gasteiger partial charge in [-0.3, -0.25) is 4.79 Å². The smallest absolute Gasteiger partial charge is 0.224 e. The Labute approximate surface area is 83.1 Å². The van der Waals surface area contributed by atoms with Crippen LogP contribution in [-0.2, 0) is 4.79 Å². The quantitative estimate of drug-likeness (QED) is 0.784. The molecule has 0 fully saturated rings. The van der Waals surface area contributed by atoms with E-state index in [9.17, 15) is 9.18 Å². The Hall–Kier alpha value is -1.38. The first-order valence-electron chi connectivity index (χ1n) is 4.69. The molecule has 0 spiro atoms. The molecule has 0 saturated carbocycles. The summed E-state index contributed by atoms with van der Waals surface area (Å²) in [5.41, 5.74) is 0.202. The van der Waals surface area contributed by atoms with E-state index in [-0.39, 0.29) is 11.6 Å². The Kier molecular flexibility index (Phi) is 4.11. The van der Waals surface area contributed by atoms with Gasteiger partial charge < -0.3 is 5.32 Å². The van der Waals surface area contributed by atoms with Crippen LogP contribution in [0.25, 0.3) is 0 Å². The summed E-state index contributed by atoms with van der Waals surface area (Å²) in [7, 11) is 0. The first kappa shape index (κ1) is 10.7. The van der Waals surface area contributed by atoms with Crippen LogP contribution in [0.4, 0.5) is 10.1 Å². The topological polar surface area (TPSA) is 29.1 Å². The van der Waals surface area contributed by atoms with Crippen LogP contribution in [0, 0.1) is 11.9 Å². The molecular weight excluding hydrogens is 181 g/mol. The van der Waals surface area contributed by atoms with Crippen LogP contribution in [0.2, 0.25) is 0 Å². The zero-order valence-electron chi connectivity index (χ0n) is 8.14. The normalized spacial score (nSPS) is 9.86. The maximum Gasteiger partial charge on any atom is 0.224 e. The Morgan fingerprint density at radius 2 is 2.43 bits per heavy atom. The van der Waals surface area contributed by atoms with Crippen molar-refractivity contribution in [2.75, 3.05) is 5.32 Å². The Morgan fingerprint density at radius 3 is 3.07 bits per heavy atom. The number of rotatable bonds is 4. The standard InChI is InChI=1S/C11H13FNO/c1-2-3-8-11(14)13-10-7-5-4-6-9(10)12/h4,6-7H,2-3,8H2,1H3,(H,13,14). The van der Waals surface area contributed by atoms with Gasteiger partial charge in [-0.15, -0.1) is 0 Å². The Bertz CT molecular complexity index is 312. The lowest BCUT2D eigenvalue weighted by Crippen LogP contribution is -2.11. The fourth-order valence-corrected chi connectivity index (χ4v) is 1.06. The second-order valence-electron chi connectivity index (χ2n) is 3.06. The molecule has 0 aliphatic rings. The molecule has 3 heteroatoms. The summed E-state index contributed by atoms with van der Waals surface area (Å²) < 4.78 is 13.0. The van der Waals surface area contributed by atoms with E-state index in [0.717, 1.165) is 12.8 Å². The van der Waals surface area contributed by atoms with Crippen LogP contribution in [0.1, 0.15) is 26.2 Å². The van der Waals surface area contributed by atoms with Gasteiger partial charge in [0.05, 0.1) is 5.69 Å². The summed E-state index contributed by atoms with van der Waals surface area (Å²) in [5.74, 6) is -0.570. The van der Waals surface area contributed by atoms with E-state index in [2.05, 4.69) is 11.4 Å². The first-order valence-corrected chi connectivity index (χ1v) is 4.69. The van der Waals surface area contributed by atoms with Crippen LogP contribution in [0.5, 0.6) is 0 Å². The lowest BCUT2D eigenvalue weighted by atomic mass is 10.2. The van der Waals surface area contributed by atoms with E-state index in [4.69, 9.17) is 0 Å². The molecule has 1 aromatic carbocycles. The largest absolute Gasteiger partial charge is 0.324 e. The molecule has 0 unspecified atom stereocenters. The fraction of sp³-hybridized carbons (Fsp3) is 0.364. The highest BCUT2D eigenvalue weighted by molar-refractivity contribution is 5.90. The summed E-state index contributed by atoms with van der Waals surface area (Å²) in [5, 5.41) is 2.50. The third-order valence-corrected chi connectivity index (χ3v) is 1.84. The van der Waals surface area contributed by atoms with E-state index >= 15 is 0 Å². The summed E-state index contributed by atoms with van der Waals surface area (Å²) in [6.07, 6.45) is 2.21. The molecule has 75 valence electrons. The van der Waals surface area contributed by atoms with Crippen molar-refractivity contribution in [3.63, 3.8) is 0 Å². The van der Waals surface area contributed by atoms with Crippen LogP contribution >= 0.6 is 0 Å². The zero-order valence-corrected chi connectivity index (χ0v) is 8.14. The fourth-order valence-electron chi connectivity index (χ4n) is 1.06. The number of hydrogen-bond donors (Lipinski definition) is 1. The molecule has 1 N–H and O–H groups in total. The molecule has 0 atom stereocenters. The van der Waals surface area contributed by atoms with Crippen LogP contribution in [-0.4, -0.2) is 5.91 Å². The predicted molar refractivity (Wildman–Crippen MR) is 53.4 cm³/mol. The van der Waals surface area contributed by atoms with Gasteiger partial charge in [-0.2, -0.15) is 0 Å². The number of amides is 1. The van der Waals surface area contributed by atoms with Crippen molar-refractivity contribution in [2.24, 2.45) is 0 Å². The van der Waals surface area contributed by atoms with E-state index in [0.29, 0.717) is 6.42 Å². The van der Waals surface area contributed by atoms with E-state index < -0.39 is 5.82 Å². The van der Waals surface area contributed by atoms with Gasteiger partial charge in [0.2, 0.25) is 5.91 Å². The number of carbonyl (C=O) groups excluding carboxylic acids is 1. The zero-order chi connectivity index (χ0) is 10.4. The molecule has 1 rings (SSSR count). The predicted octanol–water partition coefficient (Wildman–Crippen LogP) is 2.75. The second kappa shape index (κ2) is 5.37. The average molecular weight is 194 g/mol. The van der Waals surface area contributed by atoms with Gasteiger partial charge in [0.1, 0.15) is 5.82 Å². The molecule has 14 heavy (non-hydrogen) atoms. The van der Waals surface area contributed by atoms with Crippen molar-refractivity contribution in [2.45, 2.75) is 26.2 Å². The SMILES string of the molecule is CCCCC(=O)Nc1c[c]ccc1F. The van der Waals surface area contributed by atoms with Crippen LogP contribution in [0.15, 0.2) is 18.2 Å². The molecular formula is C11H13FNO. The Morgan fingerprint density at radius 1 is 1.64 bits per heavy atom. The third-order valence-electron chi connectivity index (χ3n) is 1.84. The van der Waals surface area contributed by atoms with Crippen molar-refractivity contribution in [1.29, 1.82) is 0 Å². The number of carbonyl (C=O) groups is 1. The average Bonchev–Trinajstić information content (AvgIpc) is 2.18. The molecule has 2 nitrogen and oxygen atoms in total. The van der Waals surface area contributed by atoms with Gasteiger partial charge >= 0.3 is 0 Å². The molecule has 1 radical (unpaired) electrons. The van der Waals surface area contributed by atoms with Crippen LogP contribution < -0.4 is 5.32 Å². The molecule has 0 saturated heterocycles. The van der Waals surface area contributed by atoms with Crippen molar-refractivity contribution >= 4 is 11.6 Å². The highest BCUT2D eigenvalue weighted by Gasteiger charge is 2.04. The van der Waals surface area contributed by atoms with Crippen LogP contribution in [0.3, 0.4) is 0 Å². The molecule has 0 aliphatic heterocycles. The number of hydrogen-bond acceptors (Lipinski definition) is 1. The van der Waals surface area contributed by atoms with Crippen molar-refractivity contribution < 1.29 is 9.18 Å². The minimum Gasteiger partial charge on any atom is -0.324 e. The number of benzene rings is 1. The van der Waals surface area contributed by atoms with E-state index in [1.807, 2.05) is 6.92 Å². The molecule has 1 amide bonds. The van der Waals surface area contributed by atoms with E-state index in [1.54, 1.807) is 0 Å². The number of unbranched alkanes of at least 4 members (excludes halogenated alkanes) is 1. The lowest BCUT2D eigenvalue weighted by Gasteiger charge is -2.04. The second-order valence-corrected chi connectivity index (χ2v) is 3.06. The van der Waals surface area contributed by atoms with Gasteiger partial charge in [-0.05, 0) is 24.6 Å². The molecule has 0 aliphatic carbocycles. The number of halogens is 1. The van der Waals surface area contributed by atoms with Gasteiger partial charge in [-0.25, -0.2) is 4.39 Å². The highest BCUT2D eigenvalue weighted by atomic mass is 19.1. The number of anilines is 1. The maximum absolute atomic E-state index is 13.0. The summed E-state index contributed by atoms with van der Waals surface area (Å²) in [6, 6.07) is 6.88. The highest BCUT2D eigenvalue weighted by Crippen LogP contribution is 2.12. The minimum atomic E-state index is -0.423. The summed E-state index contributed by atoms with van der Waals surface area (Å²) >= 11 is 0. The van der Waals surface area contributed by atoms with Crippen molar-refractivity contribution in [3.8, 4) is 0 Å². The molecule has 0 heterocycles. The van der Waals surface area contributed by atoms with Gasteiger partial charge in [0.15, 0.2) is 0 Å². The molecule has 0 aromatic heterocycles. The van der Waals surface area contributed by atoms with E-state index in [1.165, 1.54) is 18.2 Å². The van der Waals surface area contributed by atoms with Gasteiger partial charge in [-0.1, -0.05) is 19.4 Å². The molecule has 0 bridgehead atoms. The van der Waals surface area contributed by atoms with Gasteiger partial charge in [0, 0.05) is 6.42 Å². The molecule has 1 aromatic rings. The summed E-state index contributed by atoms with van der Waals surface area (Å²) in [6.45, 7) is 2.00. The Balaban J connectivity index is 2.52. The number of nitrogens with one attached hydrogen (secondary N) is 1.